The van der Waals surface area contributed by atoms with E-state index in [9.17, 15) is 31.4 Å². The van der Waals surface area contributed by atoms with Crippen LogP contribution in [0.4, 0.5) is 37.8 Å². The van der Waals surface area contributed by atoms with E-state index in [0.717, 1.165) is 6.07 Å². The summed E-state index contributed by atoms with van der Waals surface area (Å²) in [5.41, 5.74) is -0.435. The summed E-state index contributed by atoms with van der Waals surface area (Å²) in [7, 11) is 0. The van der Waals surface area contributed by atoms with Gasteiger partial charge in [-0.25, -0.2) is 4.98 Å². The van der Waals surface area contributed by atoms with Crippen LogP contribution in [0.5, 0.6) is 0 Å². The van der Waals surface area contributed by atoms with Crippen LogP contribution in [0, 0.1) is 0 Å². The minimum atomic E-state index is -5.32. The van der Waals surface area contributed by atoms with Gasteiger partial charge in [0.05, 0.1) is 11.4 Å². The molecule has 0 aliphatic carbocycles. The van der Waals surface area contributed by atoms with Gasteiger partial charge in [-0.2, -0.15) is 26.3 Å². The molecule has 8 nitrogen and oxygen atoms in total. The van der Waals surface area contributed by atoms with Gasteiger partial charge in [0.2, 0.25) is 0 Å². The number of nitrogen functional groups attached to an aromatic ring is 1. The van der Waals surface area contributed by atoms with Crippen molar-refractivity contribution in [1.82, 2.24) is 20.2 Å². The minimum Gasteiger partial charge on any atom is -0.415 e. The Morgan fingerprint density at radius 3 is 2.49 bits per heavy atom. The van der Waals surface area contributed by atoms with Gasteiger partial charge >= 0.3 is 12.4 Å². The van der Waals surface area contributed by atoms with E-state index in [1.807, 2.05) is 0 Å². The molecular formula is C22H21ClF6N6O2. The molecule has 1 saturated heterocycles. The highest BCUT2D eigenvalue weighted by atomic mass is 35.5. The summed E-state index contributed by atoms with van der Waals surface area (Å²) in [5, 5.41) is 17.7. The first-order valence-electron chi connectivity index (χ1n) is 11.1. The highest BCUT2D eigenvalue weighted by Crippen LogP contribution is 2.45. The maximum Gasteiger partial charge on any atom is 0.432 e. The summed E-state index contributed by atoms with van der Waals surface area (Å²) in [4.78, 5) is 9.63. The number of anilines is 2. The van der Waals surface area contributed by atoms with Gasteiger partial charge in [0, 0.05) is 18.3 Å². The third-order valence-corrected chi connectivity index (χ3v) is 6.48. The fraction of sp³-hybridized carbons (Fsp3) is 0.455. The summed E-state index contributed by atoms with van der Waals surface area (Å²) in [5.74, 6) is -2.33. The monoisotopic (exact) mass is 550 g/mol. The predicted molar refractivity (Wildman–Crippen MR) is 121 cm³/mol. The molecule has 5 heterocycles. The largest absolute Gasteiger partial charge is 0.432 e. The number of hydrogen-bond donors (Lipinski definition) is 2. The molecule has 0 saturated carbocycles. The maximum atomic E-state index is 14.2. The van der Waals surface area contributed by atoms with Crippen molar-refractivity contribution in [2.24, 2.45) is 0 Å². The van der Waals surface area contributed by atoms with Crippen LogP contribution in [0.15, 0.2) is 28.7 Å². The van der Waals surface area contributed by atoms with Crippen molar-refractivity contribution in [2.45, 2.75) is 56.1 Å². The van der Waals surface area contributed by atoms with E-state index >= 15 is 0 Å². The minimum absolute atomic E-state index is 0. The Labute approximate surface area is 212 Å². The highest BCUT2D eigenvalue weighted by molar-refractivity contribution is 5.85. The van der Waals surface area contributed by atoms with Crippen LogP contribution in [0.25, 0.3) is 11.6 Å². The molecule has 200 valence electrons. The van der Waals surface area contributed by atoms with Crippen LogP contribution in [0.2, 0.25) is 0 Å². The van der Waals surface area contributed by atoms with E-state index in [0.29, 0.717) is 38.3 Å². The van der Waals surface area contributed by atoms with E-state index in [4.69, 9.17) is 10.2 Å². The number of pyridine rings is 2. The van der Waals surface area contributed by atoms with Crippen molar-refractivity contribution in [1.29, 1.82) is 0 Å². The van der Waals surface area contributed by atoms with E-state index in [1.54, 1.807) is 4.90 Å². The smallest absolute Gasteiger partial charge is 0.415 e. The summed E-state index contributed by atoms with van der Waals surface area (Å²) < 4.78 is 89.5. The molecule has 1 unspecified atom stereocenters. The normalized spacial score (nSPS) is 22.0. The molecular weight excluding hydrogens is 530 g/mol. The number of aromatic nitrogens is 4. The third kappa shape index (κ3) is 4.56. The summed E-state index contributed by atoms with van der Waals surface area (Å²) in [6.45, 7) is 0.306. The summed E-state index contributed by atoms with van der Waals surface area (Å²) in [6, 6.07) is 4.20. The number of alkyl halides is 6. The Morgan fingerprint density at radius 1 is 1.05 bits per heavy atom. The van der Waals surface area contributed by atoms with Crippen LogP contribution in [0.3, 0.4) is 0 Å². The predicted octanol–water partition coefficient (Wildman–Crippen LogP) is 4.65. The number of nitrogens with two attached hydrogens (primary N) is 1. The highest BCUT2D eigenvalue weighted by Gasteiger charge is 2.61. The van der Waals surface area contributed by atoms with Gasteiger partial charge < -0.3 is 20.2 Å². The number of rotatable bonds is 0. The fourth-order valence-electron chi connectivity index (χ4n) is 4.71. The van der Waals surface area contributed by atoms with E-state index in [-0.39, 0.29) is 30.6 Å². The van der Waals surface area contributed by atoms with Crippen molar-refractivity contribution in [3.63, 3.8) is 0 Å². The first-order chi connectivity index (χ1) is 16.9. The number of nitrogens with zero attached hydrogens (tertiary/aromatic N) is 5. The summed E-state index contributed by atoms with van der Waals surface area (Å²) in [6.07, 6.45) is -7.71. The van der Waals surface area contributed by atoms with Crippen molar-refractivity contribution in [3.8, 4) is 11.6 Å². The molecule has 5 rings (SSSR count). The number of aryl methyl sites for hydroxylation is 1. The van der Waals surface area contributed by atoms with Crippen molar-refractivity contribution >= 4 is 23.9 Å². The molecule has 2 aliphatic heterocycles. The fourth-order valence-corrected chi connectivity index (χ4v) is 4.71. The second kappa shape index (κ2) is 9.31. The van der Waals surface area contributed by atoms with E-state index in [2.05, 4.69) is 20.2 Å². The second-order valence-corrected chi connectivity index (χ2v) is 8.81. The lowest BCUT2D eigenvalue weighted by atomic mass is 9.97. The van der Waals surface area contributed by atoms with Crippen LogP contribution >= 0.6 is 12.4 Å². The van der Waals surface area contributed by atoms with E-state index in [1.165, 1.54) is 12.1 Å². The van der Waals surface area contributed by atoms with Gasteiger partial charge in [-0.1, -0.05) is 6.07 Å². The standard InChI is InChI=1S/C22H20F6N6O2.ClH/c23-21(24,25)13-10-14(29)16-18-32-33-19(36-18)20(35,22(26,27)28)15-8-2-5-11(30-15)4-1-6-12-7-3-9-34(12)17(13)31-16;/h2,5,8,10,12,35H,1,3-4,6-7,9,29H2;1H/t12-,20?;/m1./s1. The molecule has 3 N–H and O–H groups in total. The zero-order valence-electron chi connectivity index (χ0n) is 19.0. The molecule has 1 fully saturated rings. The Morgan fingerprint density at radius 2 is 1.78 bits per heavy atom. The van der Waals surface area contributed by atoms with Crippen LogP contribution in [-0.2, 0) is 18.2 Å². The lowest BCUT2D eigenvalue weighted by molar-refractivity contribution is -0.257. The number of aliphatic hydroxyl groups is 1. The molecule has 0 amide bonds. The first kappa shape index (κ1) is 26.9. The lowest BCUT2D eigenvalue weighted by Crippen LogP contribution is -2.44. The first-order valence-corrected chi connectivity index (χ1v) is 11.1. The number of hydrogen-bond acceptors (Lipinski definition) is 8. The maximum absolute atomic E-state index is 14.2. The molecule has 0 radical (unpaired) electrons. The lowest BCUT2D eigenvalue weighted by Gasteiger charge is -2.29. The zero-order chi connectivity index (χ0) is 25.9. The Balaban J connectivity index is 0.00000320. The van der Waals surface area contributed by atoms with Crippen molar-refractivity contribution in [3.05, 3.63) is 47.1 Å². The molecule has 6 bridgehead atoms. The number of fused-ring (bicyclic) bond motifs is 9. The van der Waals surface area contributed by atoms with Gasteiger partial charge in [0.25, 0.3) is 17.4 Å². The molecule has 37 heavy (non-hydrogen) atoms. The molecule has 15 heteroatoms. The van der Waals surface area contributed by atoms with Crippen LogP contribution in [-0.4, -0.2) is 44.0 Å². The topological polar surface area (TPSA) is 114 Å². The molecule has 3 aromatic heterocycles. The van der Waals surface area contributed by atoms with Crippen molar-refractivity contribution < 1.29 is 35.9 Å². The Kier molecular flexibility index (Phi) is 6.78. The summed E-state index contributed by atoms with van der Waals surface area (Å²) >= 11 is 0. The third-order valence-electron chi connectivity index (χ3n) is 6.48. The Hall–Kier alpha value is -3.13. The SMILES string of the molecule is Cl.Nc1cc(C(F)(F)F)c2nc1-c1nnc(o1)C(O)(C(F)(F)F)c1cccc(n1)CCC[C@@H]1CCCN21. The van der Waals surface area contributed by atoms with Gasteiger partial charge in [-0.15, -0.1) is 22.6 Å². The van der Waals surface area contributed by atoms with Gasteiger partial charge in [-0.05, 0) is 50.3 Å². The number of halogens is 7. The van der Waals surface area contributed by atoms with Crippen molar-refractivity contribution in [2.75, 3.05) is 17.2 Å². The molecule has 2 aliphatic rings. The molecule has 0 aromatic carbocycles. The average molecular weight is 551 g/mol. The molecule has 0 spiro atoms. The Bertz CT molecular complexity index is 1300. The quantitative estimate of drug-likeness (QED) is 0.389. The van der Waals surface area contributed by atoms with Crippen LogP contribution < -0.4 is 10.6 Å². The molecule has 2 atom stereocenters. The van der Waals surface area contributed by atoms with Gasteiger partial charge in [0.15, 0.2) is 5.69 Å². The van der Waals surface area contributed by atoms with Gasteiger partial charge in [-0.3, -0.25) is 4.98 Å². The average Bonchev–Trinajstić information content (AvgIpc) is 3.47. The second-order valence-electron chi connectivity index (χ2n) is 8.81. The van der Waals surface area contributed by atoms with E-state index < -0.39 is 58.2 Å². The zero-order valence-corrected chi connectivity index (χ0v) is 19.8. The van der Waals surface area contributed by atoms with Crippen LogP contribution in [0.1, 0.15) is 48.5 Å². The molecule has 3 aromatic rings. The van der Waals surface area contributed by atoms with Gasteiger partial charge in [0.1, 0.15) is 11.4 Å².